The second kappa shape index (κ2) is 5.32. The summed E-state index contributed by atoms with van der Waals surface area (Å²) in [4.78, 5) is 11.5. The average Bonchev–Trinajstić information content (AvgIpc) is 2.00. The second-order valence-corrected chi connectivity index (χ2v) is 3.47. The molecule has 0 aliphatic rings. The minimum absolute atomic E-state index is 0.344. The number of carboxylic acids is 1. The predicted molar refractivity (Wildman–Crippen MR) is 48.4 cm³/mol. The summed E-state index contributed by atoms with van der Waals surface area (Å²) >= 11 is 0. The summed E-state index contributed by atoms with van der Waals surface area (Å²) in [7, 11) is 0. The Balaban J connectivity index is 4.71. The summed E-state index contributed by atoms with van der Waals surface area (Å²) in [5.74, 6) is -1.34. The molecule has 1 atom stereocenters. The fraction of sp³-hybridized carbons (Fsp3) is 0.875. The van der Waals surface area contributed by atoms with Gasteiger partial charge in [-0.3, -0.25) is 9.69 Å². The van der Waals surface area contributed by atoms with Gasteiger partial charge >= 0.3 is 12.1 Å². The van der Waals surface area contributed by atoms with Crippen LogP contribution < -0.4 is 5.73 Å². The molecule has 0 spiro atoms. The lowest BCUT2D eigenvalue weighted by Gasteiger charge is -2.32. The van der Waals surface area contributed by atoms with Crippen molar-refractivity contribution in [2.45, 2.75) is 32.1 Å². The van der Waals surface area contributed by atoms with Gasteiger partial charge in [0.25, 0.3) is 0 Å². The van der Waals surface area contributed by atoms with Crippen molar-refractivity contribution in [2.75, 3.05) is 13.1 Å². The van der Waals surface area contributed by atoms with Crippen molar-refractivity contribution in [2.24, 2.45) is 5.73 Å². The van der Waals surface area contributed by atoms with E-state index in [4.69, 9.17) is 10.8 Å². The Hall–Kier alpha value is -0.820. The van der Waals surface area contributed by atoms with Crippen molar-refractivity contribution in [3.63, 3.8) is 0 Å². The number of carbonyl (C=O) groups is 1. The molecule has 0 saturated heterocycles. The maximum atomic E-state index is 12.2. The molecule has 4 nitrogen and oxygen atoms in total. The molecule has 3 N–H and O–H groups in total. The summed E-state index contributed by atoms with van der Waals surface area (Å²) in [5.41, 5.74) is 5.14. The van der Waals surface area contributed by atoms with E-state index in [1.54, 1.807) is 0 Å². The van der Waals surface area contributed by atoms with Gasteiger partial charge in [-0.05, 0) is 13.8 Å². The van der Waals surface area contributed by atoms with Crippen LogP contribution in [0.2, 0.25) is 0 Å². The zero-order valence-electron chi connectivity index (χ0n) is 8.58. The van der Waals surface area contributed by atoms with Gasteiger partial charge in [-0.2, -0.15) is 13.2 Å². The third-order valence-corrected chi connectivity index (χ3v) is 1.93. The van der Waals surface area contributed by atoms with Crippen LogP contribution in [-0.4, -0.2) is 47.3 Å². The zero-order valence-corrected chi connectivity index (χ0v) is 8.58. The highest BCUT2D eigenvalue weighted by atomic mass is 19.4. The quantitative estimate of drug-likeness (QED) is 0.725. The summed E-state index contributed by atoms with van der Waals surface area (Å²) in [6.45, 7) is 1.39. The molecule has 0 aromatic carbocycles. The van der Waals surface area contributed by atoms with E-state index in [1.807, 2.05) is 0 Å². The maximum absolute atomic E-state index is 12.2. The lowest BCUT2D eigenvalue weighted by atomic mass is 10.2. The Morgan fingerprint density at radius 2 is 1.93 bits per heavy atom. The van der Waals surface area contributed by atoms with Crippen LogP contribution in [-0.2, 0) is 4.79 Å². The Bertz CT molecular complexity index is 218. The third-order valence-electron chi connectivity index (χ3n) is 1.93. The topological polar surface area (TPSA) is 66.6 Å². The number of hydrogen-bond acceptors (Lipinski definition) is 3. The normalized spacial score (nSPS) is 14.7. The van der Waals surface area contributed by atoms with Crippen molar-refractivity contribution in [3.05, 3.63) is 0 Å². The lowest BCUT2D eigenvalue weighted by molar-refractivity contribution is -0.164. The van der Waals surface area contributed by atoms with Crippen molar-refractivity contribution in [1.82, 2.24) is 4.90 Å². The number of nitrogens with zero attached hydrogens (tertiary/aromatic N) is 1. The van der Waals surface area contributed by atoms with Crippen molar-refractivity contribution in [1.29, 1.82) is 0 Å². The highest BCUT2D eigenvalue weighted by Crippen LogP contribution is 2.19. The number of carboxylic acid groups (broad SMARTS) is 1. The van der Waals surface area contributed by atoms with Gasteiger partial charge in [0, 0.05) is 12.6 Å². The number of nitrogens with two attached hydrogens (primary N) is 1. The first-order valence-electron chi connectivity index (χ1n) is 4.44. The smallest absolute Gasteiger partial charge is 0.401 e. The van der Waals surface area contributed by atoms with Crippen LogP contribution in [0.4, 0.5) is 13.2 Å². The van der Waals surface area contributed by atoms with Crippen LogP contribution in [0.1, 0.15) is 13.8 Å². The molecule has 0 aromatic heterocycles. The zero-order chi connectivity index (χ0) is 12.2. The standard InChI is InChI=1S/C8H15F3N2O2/c1-5(2)13(4-8(9,10)11)6(3-12)7(14)15/h5-6H,3-4,12H2,1-2H3,(H,14,15). The lowest BCUT2D eigenvalue weighted by Crippen LogP contribution is -2.52. The van der Waals surface area contributed by atoms with Crippen LogP contribution >= 0.6 is 0 Å². The van der Waals surface area contributed by atoms with Crippen LogP contribution in [0.15, 0.2) is 0 Å². The molecule has 0 bridgehead atoms. The van der Waals surface area contributed by atoms with Gasteiger partial charge < -0.3 is 10.8 Å². The SMILES string of the molecule is CC(C)N(CC(F)(F)F)C(CN)C(=O)O. The molecule has 0 aliphatic carbocycles. The molecule has 0 rings (SSSR count). The van der Waals surface area contributed by atoms with Crippen molar-refractivity contribution >= 4 is 5.97 Å². The van der Waals surface area contributed by atoms with E-state index in [2.05, 4.69) is 0 Å². The van der Waals surface area contributed by atoms with E-state index >= 15 is 0 Å². The van der Waals surface area contributed by atoms with Crippen molar-refractivity contribution < 1.29 is 23.1 Å². The number of aliphatic carboxylic acids is 1. The molecule has 0 aromatic rings. The fourth-order valence-electron chi connectivity index (χ4n) is 1.24. The van der Waals surface area contributed by atoms with E-state index in [0.717, 1.165) is 4.90 Å². The molecule has 0 aliphatic heterocycles. The molecule has 0 amide bonds. The van der Waals surface area contributed by atoms with E-state index in [1.165, 1.54) is 13.8 Å². The number of alkyl halides is 3. The first-order valence-corrected chi connectivity index (χ1v) is 4.44. The largest absolute Gasteiger partial charge is 0.480 e. The summed E-state index contributed by atoms with van der Waals surface area (Å²) in [6.07, 6.45) is -4.42. The molecule has 1 unspecified atom stereocenters. The van der Waals surface area contributed by atoms with Crippen molar-refractivity contribution in [3.8, 4) is 0 Å². The predicted octanol–water partition coefficient (Wildman–Crippen LogP) is 0.671. The van der Waals surface area contributed by atoms with Gasteiger partial charge in [0.1, 0.15) is 6.04 Å². The Morgan fingerprint density at radius 1 is 1.47 bits per heavy atom. The molecule has 90 valence electrons. The molecule has 0 saturated carbocycles. The van der Waals surface area contributed by atoms with Crippen LogP contribution in [0.3, 0.4) is 0 Å². The molecule has 0 radical (unpaired) electrons. The van der Waals surface area contributed by atoms with Gasteiger partial charge in [-0.1, -0.05) is 0 Å². The maximum Gasteiger partial charge on any atom is 0.401 e. The van der Waals surface area contributed by atoms with Gasteiger partial charge in [-0.15, -0.1) is 0 Å². The summed E-state index contributed by atoms with van der Waals surface area (Å²) in [6, 6.07) is -1.83. The highest BCUT2D eigenvalue weighted by Gasteiger charge is 2.37. The Morgan fingerprint density at radius 3 is 2.13 bits per heavy atom. The molecular formula is C8H15F3N2O2. The van der Waals surface area contributed by atoms with E-state index in [9.17, 15) is 18.0 Å². The Labute approximate surface area is 85.8 Å². The van der Waals surface area contributed by atoms with Crippen LogP contribution in [0.25, 0.3) is 0 Å². The van der Waals surface area contributed by atoms with Crippen LogP contribution in [0, 0.1) is 0 Å². The van der Waals surface area contributed by atoms with E-state index < -0.39 is 30.8 Å². The number of rotatable bonds is 5. The third kappa shape index (κ3) is 4.98. The number of hydrogen-bond donors (Lipinski definition) is 2. The fourth-order valence-corrected chi connectivity index (χ4v) is 1.24. The van der Waals surface area contributed by atoms with Gasteiger partial charge in [0.15, 0.2) is 0 Å². The molecular weight excluding hydrogens is 213 g/mol. The first-order chi connectivity index (χ1) is 6.69. The first kappa shape index (κ1) is 14.2. The summed E-state index contributed by atoms with van der Waals surface area (Å²) < 4.78 is 36.5. The second-order valence-electron chi connectivity index (χ2n) is 3.47. The summed E-state index contributed by atoms with van der Waals surface area (Å²) in [5, 5.41) is 8.70. The van der Waals surface area contributed by atoms with Crippen LogP contribution in [0.5, 0.6) is 0 Å². The van der Waals surface area contributed by atoms with E-state index in [0.29, 0.717) is 0 Å². The van der Waals surface area contributed by atoms with Gasteiger partial charge in [0.2, 0.25) is 0 Å². The molecule has 7 heteroatoms. The highest BCUT2D eigenvalue weighted by molar-refractivity contribution is 5.73. The molecule has 0 heterocycles. The number of halogens is 3. The average molecular weight is 228 g/mol. The molecule has 0 fully saturated rings. The van der Waals surface area contributed by atoms with Gasteiger partial charge in [-0.25, -0.2) is 0 Å². The molecule has 15 heavy (non-hydrogen) atoms. The Kier molecular flexibility index (Phi) is 5.02. The minimum atomic E-state index is -4.42. The van der Waals surface area contributed by atoms with Gasteiger partial charge in [0.05, 0.1) is 6.54 Å². The minimum Gasteiger partial charge on any atom is -0.480 e. The monoisotopic (exact) mass is 228 g/mol. The van der Waals surface area contributed by atoms with E-state index in [-0.39, 0.29) is 6.54 Å².